The lowest BCUT2D eigenvalue weighted by Crippen LogP contribution is -2.51. The van der Waals surface area contributed by atoms with Crippen LogP contribution in [0, 0.1) is 0 Å². The van der Waals surface area contributed by atoms with Crippen molar-refractivity contribution in [2.24, 2.45) is 0 Å². The first kappa shape index (κ1) is 29.5. The second kappa shape index (κ2) is 16.1. The molecule has 0 spiro atoms. The zero-order valence-corrected chi connectivity index (χ0v) is 21.4. The highest BCUT2D eigenvalue weighted by atomic mass is 16.6. The van der Waals surface area contributed by atoms with Crippen LogP contribution in [0.5, 0.6) is 0 Å². The summed E-state index contributed by atoms with van der Waals surface area (Å²) in [6.45, 7) is 1.76. The predicted octanol–water partition coefficient (Wildman–Crippen LogP) is 3.73. The van der Waals surface area contributed by atoms with Gasteiger partial charge in [0.25, 0.3) is 5.56 Å². The molecule has 35 heavy (non-hydrogen) atoms. The smallest absolute Gasteiger partial charge is 0.330 e. The number of unbranched alkanes of at least 4 members (excludes halogenated alkanes) is 12. The molecule has 1 aromatic heterocycles. The minimum Gasteiger partial charge on any atom is -0.394 e. The average Bonchev–Trinajstić information content (AvgIpc) is 3.09. The number of nitrogens with zero attached hydrogens (tertiary/aromatic N) is 1. The Kier molecular flexibility index (Phi) is 13.6. The van der Waals surface area contributed by atoms with Crippen LogP contribution in [-0.4, -0.2) is 49.8 Å². The maximum atomic E-state index is 12.4. The van der Waals surface area contributed by atoms with Crippen molar-refractivity contribution in [2.45, 2.75) is 127 Å². The Morgan fingerprint density at radius 1 is 0.943 bits per heavy atom. The van der Waals surface area contributed by atoms with Crippen LogP contribution in [-0.2, 0) is 10.5 Å². The molecule has 1 aliphatic rings. The van der Waals surface area contributed by atoms with Gasteiger partial charge in [0, 0.05) is 12.3 Å². The summed E-state index contributed by atoms with van der Waals surface area (Å²) in [6.07, 6.45) is 18.8. The van der Waals surface area contributed by atoms with Gasteiger partial charge in [0.1, 0.15) is 18.3 Å². The monoisotopic (exact) mass is 494 g/mol. The molecule has 0 aliphatic carbocycles. The second-order valence-corrected chi connectivity index (χ2v) is 9.79. The van der Waals surface area contributed by atoms with E-state index in [4.69, 9.17) is 4.74 Å². The number of allylic oxidation sites excluding steroid dienone is 2. The number of aliphatic hydroxyl groups is 3. The summed E-state index contributed by atoms with van der Waals surface area (Å²) in [5.74, 6) is 0. The Balaban J connectivity index is 1.69. The van der Waals surface area contributed by atoms with Crippen molar-refractivity contribution in [3.63, 3.8) is 0 Å². The number of ether oxygens (including phenoxy) is 1. The number of nitrogens with one attached hydrogen (secondary N) is 1. The highest BCUT2D eigenvalue weighted by Crippen LogP contribution is 2.39. The standard InChI is InChI=1S/C27H46N2O6/c1-2-3-4-5-6-7-8-9-10-11-12-13-14-15-16-17-19-27(25(33)24(32)22(21-30)35-27)29-20-18-23(31)28-26(29)34/h9-10,18,20,22,24-25,30,32-33H,2-8,11-17,19,21H2,1H3,(H,28,31,34)/b10-9-/t22-,24-,25-,27-/m1/s1. The fraction of sp³-hybridized carbons (Fsp3) is 0.778. The molecule has 0 aromatic carbocycles. The van der Waals surface area contributed by atoms with Gasteiger partial charge in [0.05, 0.1) is 6.61 Å². The molecule has 0 unspecified atom stereocenters. The van der Waals surface area contributed by atoms with Crippen molar-refractivity contribution in [3.05, 3.63) is 45.3 Å². The van der Waals surface area contributed by atoms with Gasteiger partial charge < -0.3 is 20.1 Å². The molecule has 8 heteroatoms. The van der Waals surface area contributed by atoms with Crippen LogP contribution < -0.4 is 11.2 Å². The first-order valence-electron chi connectivity index (χ1n) is 13.6. The highest BCUT2D eigenvalue weighted by molar-refractivity contribution is 5.01. The molecule has 1 aromatic rings. The van der Waals surface area contributed by atoms with Gasteiger partial charge in [-0.2, -0.15) is 0 Å². The number of rotatable bonds is 18. The molecule has 1 fully saturated rings. The molecule has 200 valence electrons. The van der Waals surface area contributed by atoms with E-state index < -0.39 is 41.9 Å². The van der Waals surface area contributed by atoms with Gasteiger partial charge in [-0.05, 0) is 38.5 Å². The summed E-state index contributed by atoms with van der Waals surface area (Å²) in [6, 6.07) is 1.18. The SMILES string of the molecule is CCCCCCCC/C=C\CCCCCCCC[C@@]1(n2ccc(=O)[nH]c2=O)O[C@H](CO)[C@@H](O)[C@H]1O. The van der Waals surface area contributed by atoms with Crippen LogP contribution in [0.15, 0.2) is 34.0 Å². The minimum absolute atomic E-state index is 0.287. The van der Waals surface area contributed by atoms with E-state index in [2.05, 4.69) is 24.1 Å². The summed E-state index contributed by atoms with van der Waals surface area (Å²) in [5, 5.41) is 30.6. The number of aromatic amines is 1. The molecule has 0 saturated carbocycles. The lowest BCUT2D eigenvalue weighted by atomic mass is 9.95. The van der Waals surface area contributed by atoms with Gasteiger partial charge in [-0.3, -0.25) is 14.3 Å². The van der Waals surface area contributed by atoms with Crippen LogP contribution in [0.3, 0.4) is 0 Å². The summed E-state index contributed by atoms with van der Waals surface area (Å²) < 4.78 is 6.97. The Morgan fingerprint density at radius 3 is 2.06 bits per heavy atom. The molecule has 2 heterocycles. The summed E-state index contributed by atoms with van der Waals surface area (Å²) in [7, 11) is 0. The molecule has 0 radical (unpaired) electrons. The molecule has 1 saturated heterocycles. The maximum absolute atomic E-state index is 12.4. The second-order valence-electron chi connectivity index (χ2n) is 9.79. The van der Waals surface area contributed by atoms with E-state index in [1.165, 1.54) is 63.6 Å². The quantitative estimate of drug-likeness (QED) is 0.182. The van der Waals surface area contributed by atoms with Crippen molar-refractivity contribution in [2.75, 3.05) is 6.61 Å². The van der Waals surface area contributed by atoms with E-state index in [1.54, 1.807) is 0 Å². The third kappa shape index (κ3) is 9.01. The van der Waals surface area contributed by atoms with Crippen LogP contribution in [0.4, 0.5) is 0 Å². The number of hydrogen-bond acceptors (Lipinski definition) is 6. The number of hydrogen-bond donors (Lipinski definition) is 4. The zero-order valence-electron chi connectivity index (χ0n) is 21.4. The average molecular weight is 495 g/mol. The Labute approximate surface area is 209 Å². The lowest BCUT2D eigenvalue weighted by molar-refractivity contribution is -0.156. The largest absolute Gasteiger partial charge is 0.394 e. The summed E-state index contributed by atoms with van der Waals surface area (Å²) >= 11 is 0. The molecular weight excluding hydrogens is 448 g/mol. The van der Waals surface area contributed by atoms with Crippen LogP contribution in [0.25, 0.3) is 0 Å². The fourth-order valence-electron chi connectivity index (χ4n) is 4.88. The molecule has 1 aliphatic heterocycles. The molecule has 2 rings (SSSR count). The Bertz CT molecular complexity index is 851. The number of aliphatic hydroxyl groups excluding tert-OH is 3. The summed E-state index contributed by atoms with van der Waals surface area (Å²) in [4.78, 5) is 26.1. The van der Waals surface area contributed by atoms with Crippen LogP contribution in [0.2, 0.25) is 0 Å². The Morgan fingerprint density at radius 2 is 1.51 bits per heavy atom. The number of aromatic nitrogens is 2. The topological polar surface area (TPSA) is 125 Å². The molecule has 0 bridgehead atoms. The van der Waals surface area contributed by atoms with Gasteiger partial charge in [0.15, 0.2) is 5.72 Å². The predicted molar refractivity (Wildman–Crippen MR) is 137 cm³/mol. The molecule has 4 atom stereocenters. The van der Waals surface area contributed by atoms with Gasteiger partial charge in [-0.25, -0.2) is 4.79 Å². The van der Waals surface area contributed by atoms with E-state index in [0.29, 0.717) is 6.42 Å². The molecule has 0 amide bonds. The molecule has 4 N–H and O–H groups in total. The van der Waals surface area contributed by atoms with Crippen LogP contribution >= 0.6 is 0 Å². The first-order valence-corrected chi connectivity index (χ1v) is 13.6. The zero-order chi connectivity index (χ0) is 25.5. The fourth-order valence-corrected chi connectivity index (χ4v) is 4.88. The Hall–Kier alpha value is -1.74. The first-order chi connectivity index (χ1) is 17.0. The highest BCUT2D eigenvalue weighted by Gasteiger charge is 2.55. The van der Waals surface area contributed by atoms with E-state index in [-0.39, 0.29) is 6.42 Å². The minimum atomic E-state index is -1.52. The van der Waals surface area contributed by atoms with E-state index >= 15 is 0 Å². The normalized spacial score (nSPS) is 24.5. The third-order valence-electron chi connectivity index (χ3n) is 6.98. The molecular formula is C27H46N2O6. The van der Waals surface area contributed by atoms with E-state index in [9.17, 15) is 24.9 Å². The van der Waals surface area contributed by atoms with Gasteiger partial charge in [0.2, 0.25) is 0 Å². The third-order valence-corrected chi connectivity index (χ3v) is 6.98. The summed E-state index contributed by atoms with van der Waals surface area (Å²) in [5.41, 5.74) is -2.79. The van der Waals surface area contributed by atoms with Gasteiger partial charge >= 0.3 is 5.69 Å². The molecule has 8 nitrogen and oxygen atoms in total. The van der Waals surface area contributed by atoms with Crippen LogP contribution in [0.1, 0.15) is 103 Å². The van der Waals surface area contributed by atoms with Gasteiger partial charge in [-0.15, -0.1) is 0 Å². The van der Waals surface area contributed by atoms with Crippen molar-refractivity contribution in [1.82, 2.24) is 9.55 Å². The van der Waals surface area contributed by atoms with Crippen molar-refractivity contribution < 1.29 is 20.1 Å². The number of H-pyrrole nitrogens is 1. The van der Waals surface area contributed by atoms with Crippen molar-refractivity contribution >= 4 is 0 Å². The van der Waals surface area contributed by atoms with E-state index in [0.717, 1.165) is 36.7 Å². The lowest BCUT2D eigenvalue weighted by Gasteiger charge is -2.34. The van der Waals surface area contributed by atoms with Crippen molar-refractivity contribution in [3.8, 4) is 0 Å². The van der Waals surface area contributed by atoms with Gasteiger partial charge in [-0.1, -0.05) is 76.9 Å². The van der Waals surface area contributed by atoms with E-state index in [1.807, 2.05) is 0 Å². The maximum Gasteiger partial charge on any atom is 0.330 e. The van der Waals surface area contributed by atoms with Crippen molar-refractivity contribution in [1.29, 1.82) is 0 Å².